The molecule has 1 fully saturated rings. The average molecular weight is 234 g/mol. The largest absolute Gasteiger partial charge is 0.383 e. The quantitative estimate of drug-likeness (QED) is 0.729. The van der Waals surface area contributed by atoms with Crippen LogP contribution in [0.1, 0.15) is 19.4 Å². The van der Waals surface area contributed by atoms with E-state index in [0.29, 0.717) is 11.4 Å². The number of amides is 3. The molecule has 1 saturated heterocycles. The Bertz CT molecular complexity index is 484. The van der Waals surface area contributed by atoms with Crippen molar-refractivity contribution in [2.45, 2.75) is 25.9 Å². The van der Waals surface area contributed by atoms with Gasteiger partial charge in [0, 0.05) is 11.8 Å². The second-order valence-corrected chi connectivity index (χ2v) is 4.49. The molecule has 1 aromatic rings. The molecule has 6 nitrogen and oxygen atoms in total. The summed E-state index contributed by atoms with van der Waals surface area (Å²) < 4.78 is 0. The summed E-state index contributed by atoms with van der Waals surface area (Å²) >= 11 is 0. The predicted molar refractivity (Wildman–Crippen MR) is 61.8 cm³/mol. The van der Waals surface area contributed by atoms with Gasteiger partial charge in [-0.1, -0.05) is 6.07 Å². The number of anilines is 1. The van der Waals surface area contributed by atoms with Crippen molar-refractivity contribution < 1.29 is 9.59 Å². The van der Waals surface area contributed by atoms with E-state index in [1.807, 2.05) is 0 Å². The van der Waals surface area contributed by atoms with Gasteiger partial charge in [0.2, 0.25) is 0 Å². The highest BCUT2D eigenvalue weighted by atomic mass is 16.2. The molecule has 0 saturated carbocycles. The number of hydrogen-bond acceptors (Lipinski definition) is 4. The maximum Gasteiger partial charge on any atom is 0.325 e. The fourth-order valence-electron chi connectivity index (χ4n) is 1.72. The van der Waals surface area contributed by atoms with Crippen LogP contribution in [0.3, 0.4) is 0 Å². The average Bonchev–Trinajstić information content (AvgIpc) is 2.43. The van der Waals surface area contributed by atoms with Crippen LogP contribution >= 0.6 is 0 Å². The lowest BCUT2D eigenvalue weighted by Gasteiger charge is -2.16. The maximum atomic E-state index is 11.9. The zero-order valence-corrected chi connectivity index (χ0v) is 9.73. The maximum absolute atomic E-state index is 11.9. The number of nitrogen functional groups attached to an aromatic ring is 1. The van der Waals surface area contributed by atoms with Crippen LogP contribution in [0, 0.1) is 0 Å². The number of nitrogens with zero attached hydrogens (tertiary/aromatic N) is 2. The molecule has 1 aliphatic heterocycles. The van der Waals surface area contributed by atoms with Crippen LogP contribution in [0.4, 0.5) is 10.6 Å². The lowest BCUT2D eigenvalue weighted by Crippen LogP contribution is -2.40. The van der Waals surface area contributed by atoms with E-state index in [2.05, 4.69) is 10.3 Å². The first-order chi connectivity index (χ1) is 7.92. The van der Waals surface area contributed by atoms with E-state index in [1.54, 1.807) is 32.2 Å². The highest BCUT2D eigenvalue weighted by Crippen LogP contribution is 2.20. The highest BCUT2D eigenvalue weighted by Gasteiger charge is 2.44. The van der Waals surface area contributed by atoms with Gasteiger partial charge >= 0.3 is 6.03 Å². The first kappa shape index (κ1) is 11.4. The Hall–Kier alpha value is -2.11. The molecule has 0 radical (unpaired) electrons. The molecule has 2 heterocycles. The first-order valence-electron chi connectivity index (χ1n) is 5.25. The molecule has 0 bridgehead atoms. The number of carbonyl (C=O) groups excluding carboxylic acids is 2. The minimum Gasteiger partial charge on any atom is -0.383 e. The van der Waals surface area contributed by atoms with Crippen LogP contribution in [0.5, 0.6) is 0 Å². The molecule has 3 N–H and O–H groups in total. The molecule has 3 amide bonds. The Morgan fingerprint density at radius 1 is 1.47 bits per heavy atom. The van der Waals surface area contributed by atoms with Crippen LogP contribution in [-0.4, -0.2) is 27.4 Å². The minimum atomic E-state index is -0.853. The molecule has 0 aliphatic carbocycles. The summed E-state index contributed by atoms with van der Waals surface area (Å²) in [4.78, 5) is 28.6. The second kappa shape index (κ2) is 3.73. The Balaban J connectivity index is 2.23. The Morgan fingerprint density at radius 3 is 2.71 bits per heavy atom. The van der Waals surface area contributed by atoms with Crippen molar-refractivity contribution in [2.24, 2.45) is 0 Å². The van der Waals surface area contributed by atoms with E-state index in [-0.39, 0.29) is 12.5 Å². The number of nitrogens with two attached hydrogens (primary N) is 1. The van der Waals surface area contributed by atoms with Crippen molar-refractivity contribution in [1.29, 1.82) is 0 Å². The number of urea groups is 1. The number of aromatic nitrogens is 1. The fourth-order valence-corrected chi connectivity index (χ4v) is 1.72. The van der Waals surface area contributed by atoms with Crippen molar-refractivity contribution in [2.75, 3.05) is 5.73 Å². The molecule has 0 unspecified atom stereocenters. The van der Waals surface area contributed by atoms with Crippen molar-refractivity contribution >= 4 is 17.8 Å². The number of carbonyl (C=O) groups is 2. The summed E-state index contributed by atoms with van der Waals surface area (Å²) in [5, 5.41) is 2.61. The summed E-state index contributed by atoms with van der Waals surface area (Å²) in [6.07, 6.45) is 1.56. The third-order valence-corrected chi connectivity index (χ3v) is 2.70. The zero-order chi connectivity index (χ0) is 12.6. The highest BCUT2D eigenvalue weighted by molar-refractivity contribution is 6.06. The molecule has 2 rings (SSSR count). The topological polar surface area (TPSA) is 88.3 Å². The van der Waals surface area contributed by atoms with Gasteiger partial charge in [-0.05, 0) is 19.9 Å². The van der Waals surface area contributed by atoms with Crippen LogP contribution in [0.2, 0.25) is 0 Å². The summed E-state index contributed by atoms with van der Waals surface area (Å²) in [5.41, 5.74) is 5.48. The van der Waals surface area contributed by atoms with E-state index in [1.165, 1.54) is 0 Å². The summed E-state index contributed by atoms with van der Waals surface area (Å²) in [6.45, 7) is 3.48. The normalized spacial score (nSPS) is 18.4. The van der Waals surface area contributed by atoms with E-state index in [4.69, 9.17) is 5.73 Å². The monoisotopic (exact) mass is 234 g/mol. The van der Waals surface area contributed by atoms with Gasteiger partial charge < -0.3 is 11.1 Å². The Kier molecular flexibility index (Phi) is 2.49. The number of imide groups is 1. The smallest absolute Gasteiger partial charge is 0.325 e. The number of hydrogen-bond donors (Lipinski definition) is 2. The van der Waals surface area contributed by atoms with Crippen LogP contribution in [0.15, 0.2) is 18.3 Å². The van der Waals surface area contributed by atoms with E-state index in [9.17, 15) is 9.59 Å². The van der Waals surface area contributed by atoms with Gasteiger partial charge in [-0.3, -0.25) is 9.69 Å². The second-order valence-electron chi connectivity index (χ2n) is 4.49. The van der Waals surface area contributed by atoms with Crippen molar-refractivity contribution in [1.82, 2.24) is 15.2 Å². The van der Waals surface area contributed by atoms with Gasteiger partial charge in [0.05, 0.1) is 6.54 Å². The van der Waals surface area contributed by atoms with Gasteiger partial charge in [0.15, 0.2) is 0 Å². The summed E-state index contributed by atoms with van der Waals surface area (Å²) in [5.74, 6) is 0.0727. The number of pyridine rings is 1. The van der Waals surface area contributed by atoms with Crippen molar-refractivity contribution in [3.05, 3.63) is 23.9 Å². The van der Waals surface area contributed by atoms with Gasteiger partial charge in [-0.2, -0.15) is 0 Å². The first-order valence-corrected chi connectivity index (χ1v) is 5.25. The lowest BCUT2D eigenvalue weighted by molar-refractivity contribution is -0.130. The summed E-state index contributed by atoms with van der Waals surface area (Å²) in [6, 6.07) is 3.06. The van der Waals surface area contributed by atoms with Gasteiger partial charge in [0.25, 0.3) is 5.91 Å². The van der Waals surface area contributed by atoms with E-state index in [0.717, 1.165) is 4.90 Å². The zero-order valence-electron chi connectivity index (χ0n) is 9.73. The molecule has 90 valence electrons. The molecule has 17 heavy (non-hydrogen) atoms. The van der Waals surface area contributed by atoms with Crippen LogP contribution < -0.4 is 11.1 Å². The molecular weight excluding hydrogens is 220 g/mol. The van der Waals surface area contributed by atoms with E-state index >= 15 is 0 Å². The van der Waals surface area contributed by atoms with Gasteiger partial charge in [0.1, 0.15) is 11.4 Å². The van der Waals surface area contributed by atoms with Crippen LogP contribution in [0.25, 0.3) is 0 Å². The SMILES string of the molecule is CC1(C)NC(=O)N(Cc2cccnc2N)C1=O. The standard InChI is InChI=1S/C11H14N4O2/c1-11(2)9(16)15(10(17)14-11)6-7-4-3-5-13-8(7)12/h3-5H,6H2,1-2H3,(H2,12,13)(H,14,17). The number of rotatable bonds is 2. The lowest BCUT2D eigenvalue weighted by atomic mass is 10.1. The third-order valence-electron chi connectivity index (χ3n) is 2.70. The van der Waals surface area contributed by atoms with Gasteiger partial charge in [-0.25, -0.2) is 9.78 Å². The summed E-state index contributed by atoms with van der Waals surface area (Å²) in [7, 11) is 0. The minimum absolute atomic E-state index is 0.147. The van der Waals surface area contributed by atoms with Gasteiger partial charge in [-0.15, -0.1) is 0 Å². The third kappa shape index (κ3) is 1.93. The predicted octanol–water partition coefficient (Wildman–Crippen LogP) is 0.494. The molecule has 0 atom stereocenters. The fraction of sp³-hybridized carbons (Fsp3) is 0.364. The Labute approximate surface area is 98.8 Å². The molecular formula is C11H14N4O2. The Morgan fingerprint density at radius 2 is 2.18 bits per heavy atom. The molecule has 6 heteroatoms. The molecule has 1 aliphatic rings. The molecule has 1 aromatic heterocycles. The number of nitrogens with one attached hydrogen (secondary N) is 1. The van der Waals surface area contributed by atoms with Crippen LogP contribution in [-0.2, 0) is 11.3 Å². The van der Waals surface area contributed by atoms with Crippen molar-refractivity contribution in [3.63, 3.8) is 0 Å². The van der Waals surface area contributed by atoms with E-state index < -0.39 is 11.6 Å². The molecule has 0 aromatic carbocycles. The molecule has 0 spiro atoms. The van der Waals surface area contributed by atoms with Crippen molar-refractivity contribution in [3.8, 4) is 0 Å².